The van der Waals surface area contributed by atoms with Gasteiger partial charge in [-0.05, 0) is 24.7 Å². The van der Waals surface area contributed by atoms with E-state index >= 15 is 0 Å². The molecule has 8 nitrogen and oxygen atoms in total. The normalized spacial score (nSPS) is 13.0. The maximum atomic E-state index is 11.9. The molecule has 2 amide bonds. The van der Waals surface area contributed by atoms with E-state index in [1.807, 2.05) is 30.3 Å². The van der Waals surface area contributed by atoms with Crippen LogP contribution >= 0.6 is 23.6 Å². The van der Waals surface area contributed by atoms with Crippen LogP contribution in [0, 0.1) is 3.95 Å². The highest BCUT2D eigenvalue weighted by Gasteiger charge is 2.27. The summed E-state index contributed by atoms with van der Waals surface area (Å²) in [5.74, 6) is -1.19. The average Bonchev–Trinajstić information content (AvgIpc) is 2.96. The number of benzene rings is 1. The van der Waals surface area contributed by atoms with Gasteiger partial charge in [-0.25, -0.2) is 9.59 Å². The highest BCUT2D eigenvalue weighted by molar-refractivity contribution is 7.73. The largest absolute Gasteiger partial charge is 0.480 e. The molecule has 1 aromatic carbocycles. The van der Waals surface area contributed by atoms with E-state index < -0.39 is 24.1 Å². The van der Waals surface area contributed by atoms with Gasteiger partial charge in [0.25, 0.3) is 0 Å². The molecule has 0 unspecified atom stereocenters. The Morgan fingerprint density at radius 2 is 2.12 bits per heavy atom. The number of aromatic amines is 1. The Bertz CT molecular complexity index is 746. The lowest BCUT2D eigenvalue weighted by Crippen LogP contribution is -2.50. The van der Waals surface area contributed by atoms with Gasteiger partial charge in [0.05, 0.1) is 12.7 Å². The van der Waals surface area contributed by atoms with Crippen LogP contribution in [0.4, 0.5) is 9.93 Å². The van der Waals surface area contributed by atoms with Crippen molar-refractivity contribution < 1.29 is 19.4 Å². The van der Waals surface area contributed by atoms with Crippen molar-refractivity contribution >= 4 is 40.7 Å². The molecule has 0 aliphatic heterocycles. The number of hydrogen-bond acceptors (Lipinski definition) is 6. The van der Waals surface area contributed by atoms with Crippen molar-refractivity contribution in [3.8, 4) is 0 Å². The van der Waals surface area contributed by atoms with Crippen LogP contribution in [0.15, 0.2) is 30.3 Å². The molecule has 0 saturated heterocycles. The molecule has 10 heteroatoms. The Balaban J connectivity index is 1.91. The van der Waals surface area contributed by atoms with Crippen molar-refractivity contribution in [1.82, 2.24) is 15.5 Å². The molecular formula is C14H16N4O4S2. The molecule has 0 saturated carbocycles. The lowest BCUT2D eigenvalue weighted by Gasteiger charge is -2.21. The number of carbonyl (C=O) groups is 2. The number of hydrogen-bond donors (Lipinski definition) is 4. The van der Waals surface area contributed by atoms with Crippen molar-refractivity contribution in [2.45, 2.75) is 25.7 Å². The number of anilines is 1. The number of rotatable bonds is 7. The van der Waals surface area contributed by atoms with Gasteiger partial charge in [0.15, 0.2) is 10.00 Å². The van der Waals surface area contributed by atoms with E-state index in [1.54, 1.807) is 6.92 Å². The molecule has 24 heavy (non-hydrogen) atoms. The number of urea groups is 1. The predicted octanol–water partition coefficient (Wildman–Crippen LogP) is 2.38. The fourth-order valence-electron chi connectivity index (χ4n) is 1.84. The highest BCUT2D eigenvalue weighted by atomic mass is 32.1. The summed E-state index contributed by atoms with van der Waals surface area (Å²) in [4.78, 5) is 23.3. The number of aliphatic carboxylic acids is 1. The topological polar surface area (TPSA) is 116 Å². The number of aromatic nitrogens is 2. The van der Waals surface area contributed by atoms with Crippen LogP contribution in [0.5, 0.6) is 0 Å². The third kappa shape index (κ3) is 5.41. The Morgan fingerprint density at radius 1 is 1.42 bits per heavy atom. The van der Waals surface area contributed by atoms with Gasteiger partial charge in [-0.2, -0.15) is 0 Å². The standard InChI is InChI=1S/C14H16N4O4S2/c1-8(22-7-9-5-3-2-4-6-9)10(11(19)20)15-12(21)16-13-17-18-14(23)24-13/h2-6,8,10H,7H2,1H3,(H,18,23)(H,19,20)(H2,15,16,17,21)/t8-,10+/m1/s1. The average molecular weight is 368 g/mol. The second-order valence-electron chi connectivity index (χ2n) is 4.83. The molecule has 2 rings (SSSR count). The van der Waals surface area contributed by atoms with Crippen molar-refractivity contribution in [3.05, 3.63) is 39.8 Å². The molecule has 0 fully saturated rings. The predicted molar refractivity (Wildman–Crippen MR) is 91.6 cm³/mol. The number of nitrogens with one attached hydrogen (secondary N) is 3. The third-order valence-corrected chi connectivity index (χ3v) is 4.04. The van der Waals surface area contributed by atoms with E-state index in [-0.39, 0.29) is 11.7 Å². The summed E-state index contributed by atoms with van der Waals surface area (Å²) < 4.78 is 5.95. The Kier molecular flexibility index (Phi) is 6.41. The minimum absolute atomic E-state index is 0.246. The summed E-state index contributed by atoms with van der Waals surface area (Å²) in [5.41, 5.74) is 0.911. The molecule has 0 spiro atoms. The van der Waals surface area contributed by atoms with E-state index in [9.17, 15) is 14.7 Å². The smallest absolute Gasteiger partial charge is 0.328 e. The first-order valence-corrected chi connectivity index (χ1v) is 8.19. The van der Waals surface area contributed by atoms with Crippen LogP contribution in [-0.2, 0) is 16.1 Å². The monoisotopic (exact) mass is 368 g/mol. The zero-order chi connectivity index (χ0) is 17.5. The second kappa shape index (κ2) is 8.52. The molecular weight excluding hydrogens is 352 g/mol. The molecule has 2 aromatic rings. The van der Waals surface area contributed by atoms with E-state index in [0.29, 0.717) is 3.95 Å². The van der Waals surface area contributed by atoms with Gasteiger partial charge in [0, 0.05) is 0 Å². The molecule has 128 valence electrons. The molecule has 0 bridgehead atoms. The molecule has 0 aliphatic rings. The van der Waals surface area contributed by atoms with Crippen LogP contribution in [0.25, 0.3) is 0 Å². The zero-order valence-corrected chi connectivity index (χ0v) is 14.3. The van der Waals surface area contributed by atoms with E-state index in [0.717, 1.165) is 16.9 Å². The maximum Gasteiger partial charge on any atom is 0.328 e. The number of amides is 2. The van der Waals surface area contributed by atoms with E-state index in [2.05, 4.69) is 20.8 Å². The number of carbonyl (C=O) groups excluding carboxylic acids is 1. The first-order chi connectivity index (χ1) is 11.5. The zero-order valence-electron chi connectivity index (χ0n) is 12.7. The molecule has 4 N–H and O–H groups in total. The quantitative estimate of drug-likeness (QED) is 0.558. The summed E-state index contributed by atoms with van der Waals surface area (Å²) in [6, 6.07) is 7.44. The molecule has 1 aromatic heterocycles. The highest BCUT2D eigenvalue weighted by Crippen LogP contribution is 2.11. The van der Waals surface area contributed by atoms with E-state index in [1.165, 1.54) is 0 Å². The summed E-state index contributed by atoms with van der Waals surface area (Å²) in [5, 5.41) is 20.6. The van der Waals surface area contributed by atoms with Crippen LogP contribution < -0.4 is 10.6 Å². The number of carboxylic acids is 1. The van der Waals surface area contributed by atoms with Gasteiger partial charge < -0.3 is 15.2 Å². The molecule has 0 aliphatic carbocycles. The van der Waals surface area contributed by atoms with Crippen molar-refractivity contribution in [2.75, 3.05) is 5.32 Å². The van der Waals surface area contributed by atoms with Crippen LogP contribution in [0.2, 0.25) is 0 Å². The van der Waals surface area contributed by atoms with Gasteiger partial charge in [0.2, 0.25) is 5.13 Å². The Labute approximate surface area is 146 Å². The second-order valence-corrected chi connectivity index (χ2v) is 6.50. The third-order valence-electron chi connectivity index (χ3n) is 3.04. The van der Waals surface area contributed by atoms with Gasteiger partial charge >= 0.3 is 12.0 Å². The number of H-pyrrole nitrogens is 1. The minimum Gasteiger partial charge on any atom is -0.480 e. The lowest BCUT2D eigenvalue weighted by molar-refractivity contribution is -0.143. The SMILES string of the molecule is C[C@@H](OCc1ccccc1)[C@H](NC(=O)Nc1n[nH]c(=S)s1)C(=O)O. The summed E-state index contributed by atoms with van der Waals surface area (Å²) >= 11 is 5.92. The fraction of sp³-hybridized carbons (Fsp3) is 0.286. The van der Waals surface area contributed by atoms with Gasteiger partial charge in [-0.1, -0.05) is 41.7 Å². The van der Waals surface area contributed by atoms with E-state index in [4.69, 9.17) is 17.0 Å². The molecule has 0 radical (unpaired) electrons. The van der Waals surface area contributed by atoms with Crippen LogP contribution in [-0.4, -0.2) is 39.5 Å². The first-order valence-electron chi connectivity index (χ1n) is 6.97. The van der Waals surface area contributed by atoms with Crippen molar-refractivity contribution in [1.29, 1.82) is 0 Å². The van der Waals surface area contributed by atoms with Crippen molar-refractivity contribution in [2.24, 2.45) is 0 Å². The summed E-state index contributed by atoms with van der Waals surface area (Å²) in [6.45, 7) is 1.83. The first kappa shape index (κ1) is 18.0. The Morgan fingerprint density at radius 3 is 2.71 bits per heavy atom. The molecule has 1 heterocycles. The number of carboxylic acid groups (broad SMARTS) is 1. The fourth-order valence-corrected chi connectivity index (χ4v) is 2.62. The van der Waals surface area contributed by atoms with Gasteiger partial charge in [0.1, 0.15) is 0 Å². The number of ether oxygens (including phenoxy) is 1. The van der Waals surface area contributed by atoms with Gasteiger partial charge in [-0.15, -0.1) is 5.10 Å². The summed E-state index contributed by atoms with van der Waals surface area (Å²) in [7, 11) is 0. The van der Waals surface area contributed by atoms with Gasteiger partial charge in [-0.3, -0.25) is 10.4 Å². The number of nitrogens with zero attached hydrogens (tertiary/aromatic N) is 1. The van der Waals surface area contributed by atoms with Crippen LogP contribution in [0.1, 0.15) is 12.5 Å². The van der Waals surface area contributed by atoms with Crippen molar-refractivity contribution in [3.63, 3.8) is 0 Å². The Hall–Kier alpha value is -2.30. The molecule has 2 atom stereocenters. The summed E-state index contributed by atoms with van der Waals surface area (Å²) in [6.07, 6.45) is -0.731. The van der Waals surface area contributed by atoms with Crippen LogP contribution in [0.3, 0.4) is 0 Å². The minimum atomic E-state index is -1.21. The maximum absolute atomic E-state index is 11.9. The lowest BCUT2D eigenvalue weighted by atomic mass is 10.2.